The van der Waals surface area contributed by atoms with Gasteiger partial charge in [0, 0.05) is 18.2 Å². The monoisotopic (exact) mass is 544 g/mol. The van der Waals surface area contributed by atoms with E-state index in [1.54, 1.807) is 107 Å². The second-order valence-electron chi connectivity index (χ2n) is 9.45. The third-order valence-corrected chi connectivity index (χ3v) is 6.37. The molecule has 0 bridgehead atoms. The number of benzene rings is 3. The van der Waals surface area contributed by atoms with E-state index in [0.29, 0.717) is 32.7 Å². The molecule has 1 aromatic heterocycles. The summed E-state index contributed by atoms with van der Waals surface area (Å²) in [5, 5.41) is 6.79. The molecule has 200 valence electrons. The Labute approximate surface area is 230 Å². The van der Waals surface area contributed by atoms with Gasteiger partial charge in [-0.2, -0.15) is 0 Å². The fourth-order valence-electron chi connectivity index (χ4n) is 3.38. The molecule has 0 saturated heterocycles. The van der Waals surface area contributed by atoms with Crippen molar-refractivity contribution >= 4 is 45.8 Å². The Bertz CT molecular complexity index is 1460. The van der Waals surface area contributed by atoms with E-state index in [-0.39, 0.29) is 5.91 Å². The van der Waals surface area contributed by atoms with E-state index < -0.39 is 17.8 Å². The van der Waals surface area contributed by atoms with Crippen LogP contribution >= 0.6 is 11.3 Å². The largest absolute Gasteiger partial charge is 0.444 e. The first-order valence-corrected chi connectivity index (χ1v) is 12.9. The minimum absolute atomic E-state index is 0.344. The summed E-state index contributed by atoms with van der Waals surface area (Å²) in [6.07, 6.45) is 0.460. The zero-order valence-electron chi connectivity index (χ0n) is 21.9. The molecule has 0 spiro atoms. The highest BCUT2D eigenvalue weighted by atomic mass is 32.1. The fraction of sp³-hybridized carbons (Fsp3) is 0.172. The molecular weight excluding hydrogens is 516 g/mol. The Hall–Kier alpha value is -4.70. The van der Waals surface area contributed by atoms with Gasteiger partial charge < -0.3 is 14.8 Å². The number of aromatic nitrogens is 1. The standard InChI is InChI=1S/C29H28N4O5S/c1-29(2,3)38-27(35)32-23-13-9-8-12-22(23)31-25(34)19-14-16-20(17-15-19)26-30-18-24(39-26)33(4)28(36)37-21-10-6-5-7-11-21/h5-18H,1-4H3,(H,31,34)(H,32,35). The van der Waals surface area contributed by atoms with Crippen molar-refractivity contribution in [1.82, 2.24) is 4.98 Å². The summed E-state index contributed by atoms with van der Waals surface area (Å²) in [4.78, 5) is 43.4. The number of carbonyl (C=O) groups excluding carboxylic acids is 3. The smallest absolute Gasteiger partial charge is 0.420 e. The molecule has 39 heavy (non-hydrogen) atoms. The lowest BCUT2D eigenvalue weighted by atomic mass is 10.1. The van der Waals surface area contributed by atoms with Crippen LogP contribution in [0.1, 0.15) is 31.1 Å². The van der Waals surface area contributed by atoms with Gasteiger partial charge in [0.15, 0.2) is 0 Å². The molecule has 2 N–H and O–H groups in total. The molecular formula is C29H28N4O5S. The van der Waals surface area contributed by atoms with Crippen LogP contribution < -0.4 is 20.3 Å². The van der Waals surface area contributed by atoms with Gasteiger partial charge in [0.05, 0.1) is 17.6 Å². The van der Waals surface area contributed by atoms with E-state index in [4.69, 9.17) is 9.47 Å². The van der Waals surface area contributed by atoms with Gasteiger partial charge in [0.1, 0.15) is 21.4 Å². The lowest BCUT2D eigenvalue weighted by molar-refractivity contribution is 0.0635. The minimum Gasteiger partial charge on any atom is -0.444 e. The maximum atomic E-state index is 12.9. The number of nitrogens with one attached hydrogen (secondary N) is 2. The van der Waals surface area contributed by atoms with Gasteiger partial charge in [-0.25, -0.2) is 14.6 Å². The first kappa shape index (κ1) is 27.3. The van der Waals surface area contributed by atoms with Crippen molar-refractivity contribution in [2.75, 3.05) is 22.6 Å². The SMILES string of the molecule is CN(C(=O)Oc1ccccc1)c1cnc(-c2ccc(C(=O)Nc3ccccc3NC(=O)OC(C)(C)C)cc2)s1. The topological polar surface area (TPSA) is 110 Å². The van der Waals surface area contributed by atoms with Crippen LogP contribution in [0.15, 0.2) is 85.1 Å². The third kappa shape index (κ3) is 7.42. The predicted octanol–water partition coefficient (Wildman–Crippen LogP) is 7.04. The number of anilines is 3. The molecule has 0 aliphatic rings. The Kier molecular flexibility index (Phi) is 8.26. The fourth-order valence-corrected chi connectivity index (χ4v) is 4.25. The number of ether oxygens (including phenoxy) is 2. The zero-order chi connectivity index (χ0) is 28.0. The summed E-state index contributed by atoms with van der Waals surface area (Å²) in [6.45, 7) is 5.32. The third-order valence-electron chi connectivity index (χ3n) is 5.25. The summed E-state index contributed by atoms with van der Waals surface area (Å²) in [5.74, 6) is 0.111. The molecule has 1 heterocycles. The van der Waals surface area contributed by atoms with Crippen molar-refractivity contribution in [3.05, 3.63) is 90.6 Å². The number of hydrogen-bond acceptors (Lipinski definition) is 7. The molecule has 0 atom stereocenters. The summed E-state index contributed by atoms with van der Waals surface area (Å²) >= 11 is 1.32. The number of rotatable bonds is 6. The molecule has 0 fully saturated rings. The Morgan fingerprint density at radius 3 is 2.10 bits per heavy atom. The van der Waals surface area contributed by atoms with E-state index in [1.807, 2.05) is 6.07 Å². The number of para-hydroxylation sites is 3. The van der Waals surface area contributed by atoms with Crippen LogP contribution in [0.2, 0.25) is 0 Å². The lowest BCUT2D eigenvalue weighted by Gasteiger charge is -2.20. The van der Waals surface area contributed by atoms with Crippen molar-refractivity contribution in [1.29, 1.82) is 0 Å². The van der Waals surface area contributed by atoms with Crippen LogP contribution in [0.4, 0.5) is 26.0 Å². The lowest BCUT2D eigenvalue weighted by Crippen LogP contribution is -2.28. The Morgan fingerprint density at radius 2 is 1.46 bits per heavy atom. The van der Waals surface area contributed by atoms with Gasteiger partial charge in [-0.15, -0.1) is 0 Å². The van der Waals surface area contributed by atoms with E-state index >= 15 is 0 Å². The molecule has 4 aromatic rings. The van der Waals surface area contributed by atoms with Gasteiger partial charge >= 0.3 is 12.2 Å². The zero-order valence-corrected chi connectivity index (χ0v) is 22.7. The van der Waals surface area contributed by atoms with Gasteiger partial charge in [0.2, 0.25) is 0 Å². The van der Waals surface area contributed by atoms with Crippen molar-refractivity contribution in [2.45, 2.75) is 26.4 Å². The first-order valence-electron chi connectivity index (χ1n) is 12.1. The van der Waals surface area contributed by atoms with E-state index in [1.165, 1.54) is 16.2 Å². The molecule has 0 aliphatic carbocycles. The maximum absolute atomic E-state index is 12.9. The quantitative estimate of drug-likeness (QED) is 0.269. The molecule has 0 radical (unpaired) electrons. The highest BCUT2D eigenvalue weighted by Crippen LogP contribution is 2.31. The average Bonchev–Trinajstić information content (AvgIpc) is 3.39. The second-order valence-corrected chi connectivity index (χ2v) is 10.5. The molecule has 10 heteroatoms. The predicted molar refractivity (Wildman–Crippen MR) is 153 cm³/mol. The Balaban J connectivity index is 1.40. The van der Waals surface area contributed by atoms with Crippen LogP contribution in [-0.4, -0.2) is 35.7 Å². The van der Waals surface area contributed by atoms with Crippen LogP contribution in [0.3, 0.4) is 0 Å². The highest BCUT2D eigenvalue weighted by molar-refractivity contribution is 7.19. The highest BCUT2D eigenvalue weighted by Gasteiger charge is 2.19. The van der Waals surface area contributed by atoms with E-state index in [9.17, 15) is 14.4 Å². The van der Waals surface area contributed by atoms with Crippen molar-refractivity contribution in [3.63, 3.8) is 0 Å². The van der Waals surface area contributed by atoms with E-state index in [0.717, 1.165) is 5.56 Å². The molecule has 4 rings (SSSR count). The number of carbonyl (C=O) groups is 3. The maximum Gasteiger partial charge on any atom is 0.420 e. The van der Waals surface area contributed by atoms with Crippen molar-refractivity contribution in [2.24, 2.45) is 0 Å². The van der Waals surface area contributed by atoms with Crippen LogP contribution in [0, 0.1) is 0 Å². The van der Waals surface area contributed by atoms with Crippen LogP contribution in [-0.2, 0) is 4.74 Å². The molecule has 0 aliphatic heterocycles. The second kappa shape index (κ2) is 11.8. The van der Waals surface area contributed by atoms with E-state index in [2.05, 4.69) is 15.6 Å². The van der Waals surface area contributed by atoms with Crippen molar-refractivity contribution in [3.8, 4) is 16.3 Å². The van der Waals surface area contributed by atoms with Gasteiger partial charge in [-0.05, 0) is 57.2 Å². The molecule has 9 nitrogen and oxygen atoms in total. The summed E-state index contributed by atoms with van der Waals surface area (Å²) < 4.78 is 10.7. The van der Waals surface area contributed by atoms with Gasteiger partial charge in [0.25, 0.3) is 5.91 Å². The van der Waals surface area contributed by atoms with Crippen molar-refractivity contribution < 1.29 is 23.9 Å². The number of hydrogen-bond donors (Lipinski definition) is 2. The average molecular weight is 545 g/mol. The number of thiazole rings is 1. The Morgan fingerprint density at radius 1 is 0.846 bits per heavy atom. The summed E-state index contributed by atoms with van der Waals surface area (Å²) in [5.41, 5.74) is 1.42. The summed E-state index contributed by atoms with van der Waals surface area (Å²) in [7, 11) is 1.62. The number of nitrogens with zero attached hydrogens (tertiary/aromatic N) is 2. The molecule has 0 unspecified atom stereocenters. The number of amides is 3. The first-order chi connectivity index (χ1) is 18.6. The van der Waals surface area contributed by atoms with Gasteiger partial charge in [-0.1, -0.05) is 53.8 Å². The normalized spacial score (nSPS) is 10.9. The molecule has 0 saturated carbocycles. The minimum atomic E-state index is -0.650. The van der Waals surface area contributed by atoms with Crippen LogP contribution in [0.5, 0.6) is 5.75 Å². The van der Waals surface area contributed by atoms with Gasteiger partial charge in [-0.3, -0.25) is 15.0 Å². The molecule has 3 amide bonds. The van der Waals surface area contributed by atoms with Crippen LogP contribution in [0.25, 0.3) is 10.6 Å². The summed E-state index contributed by atoms with van der Waals surface area (Å²) in [6, 6.07) is 22.6. The molecule has 3 aromatic carbocycles.